The van der Waals surface area contributed by atoms with Gasteiger partial charge in [-0.2, -0.15) is 0 Å². The summed E-state index contributed by atoms with van der Waals surface area (Å²) in [4.78, 5) is 10.8. The average Bonchev–Trinajstić information content (AvgIpc) is 2.30. The Hall–Kier alpha value is -1.80. The van der Waals surface area contributed by atoms with Crippen molar-refractivity contribution in [3.8, 4) is 11.1 Å². The zero-order valence-electron chi connectivity index (χ0n) is 9.06. The van der Waals surface area contributed by atoms with E-state index in [-0.39, 0.29) is 6.42 Å². The van der Waals surface area contributed by atoms with Crippen LogP contribution in [0.3, 0.4) is 0 Å². The van der Waals surface area contributed by atoms with E-state index in [9.17, 15) is 4.79 Å². The van der Waals surface area contributed by atoms with E-state index in [0.717, 1.165) is 16.7 Å². The second kappa shape index (κ2) is 5.02. The number of carboxylic acids is 1. The SMILES string of the molecule is O=C(O)Cc1ccccc1-c1ccc(Cl)cc1. The molecule has 0 unspecified atom stereocenters. The molecule has 0 aromatic heterocycles. The summed E-state index contributed by atoms with van der Waals surface area (Å²) in [6.45, 7) is 0. The van der Waals surface area contributed by atoms with E-state index in [4.69, 9.17) is 16.7 Å². The van der Waals surface area contributed by atoms with Gasteiger partial charge in [-0.15, -0.1) is 0 Å². The Labute approximate surface area is 104 Å². The average molecular weight is 247 g/mol. The molecule has 2 nitrogen and oxygen atoms in total. The fraction of sp³-hybridized carbons (Fsp3) is 0.0714. The van der Waals surface area contributed by atoms with Crippen LogP contribution in [0.2, 0.25) is 5.02 Å². The minimum Gasteiger partial charge on any atom is -0.481 e. The van der Waals surface area contributed by atoms with Crippen molar-refractivity contribution < 1.29 is 9.90 Å². The molecule has 2 aromatic carbocycles. The molecular weight excluding hydrogens is 236 g/mol. The number of hydrogen-bond acceptors (Lipinski definition) is 1. The van der Waals surface area contributed by atoms with Crippen molar-refractivity contribution in [2.24, 2.45) is 0 Å². The molecule has 0 aliphatic carbocycles. The smallest absolute Gasteiger partial charge is 0.307 e. The normalized spacial score (nSPS) is 10.2. The van der Waals surface area contributed by atoms with E-state index in [1.807, 2.05) is 36.4 Å². The van der Waals surface area contributed by atoms with Crippen molar-refractivity contribution in [3.63, 3.8) is 0 Å². The third kappa shape index (κ3) is 2.86. The van der Waals surface area contributed by atoms with Gasteiger partial charge in [0, 0.05) is 5.02 Å². The Balaban J connectivity index is 2.44. The Morgan fingerprint density at radius 3 is 2.35 bits per heavy atom. The van der Waals surface area contributed by atoms with Gasteiger partial charge < -0.3 is 5.11 Å². The van der Waals surface area contributed by atoms with Crippen molar-refractivity contribution in [2.45, 2.75) is 6.42 Å². The first-order valence-electron chi connectivity index (χ1n) is 5.22. The van der Waals surface area contributed by atoms with Crippen LogP contribution in [0.4, 0.5) is 0 Å². The first-order chi connectivity index (χ1) is 8.16. The lowest BCUT2D eigenvalue weighted by Crippen LogP contribution is -2.01. The van der Waals surface area contributed by atoms with Gasteiger partial charge in [-0.05, 0) is 28.8 Å². The predicted molar refractivity (Wildman–Crippen MR) is 68.2 cm³/mol. The molecule has 0 fully saturated rings. The molecule has 0 saturated carbocycles. The van der Waals surface area contributed by atoms with Crippen LogP contribution in [0.5, 0.6) is 0 Å². The summed E-state index contributed by atoms with van der Waals surface area (Å²) in [5.41, 5.74) is 2.72. The quantitative estimate of drug-likeness (QED) is 0.898. The van der Waals surface area contributed by atoms with Gasteiger partial charge in [-0.1, -0.05) is 48.0 Å². The largest absolute Gasteiger partial charge is 0.481 e. The van der Waals surface area contributed by atoms with Crippen LogP contribution >= 0.6 is 11.6 Å². The molecule has 0 spiro atoms. The zero-order chi connectivity index (χ0) is 12.3. The van der Waals surface area contributed by atoms with Crippen molar-refractivity contribution in [2.75, 3.05) is 0 Å². The van der Waals surface area contributed by atoms with Gasteiger partial charge in [0.25, 0.3) is 0 Å². The van der Waals surface area contributed by atoms with E-state index in [2.05, 4.69) is 0 Å². The minimum atomic E-state index is -0.827. The van der Waals surface area contributed by atoms with Gasteiger partial charge in [0.05, 0.1) is 6.42 Å². The molecular formula is C14H11ClO2. The van der Waals surface area contributed by atoms with Gasteiger partial charge in [-0.3, -0.25) is 4.79 Å². The summed E-state index contributed by atoms with van der Waals surface area (Å²) < 4.78 is 0. The lowest BCUT2D eigenvalue weighted by atomic mass is 9.98. The number of rotatable bonds is 3. The monoisotopic (exact) mass is 246 g/mol. The third-order valence-electron chi connectivity index (χ3n) is 2.51. The van der Waals surface area contributed by atoms with Crippen molar-refractivity contribution >= 4 is 17.6 Å². The van der Waals surface area contributed by atoms with Crippen LogP contribution in [-0.2, 0) is 11.2 Å². The highest BCUT2D eigenvalue weighted by Gasteiger charge is 2.07. The molecule has 0 saturated heterocycles. The number of hydrogen-bond donors (Lipinski definition) is 1. The van der Waals surface area contributed by atoms with E-state index in [1.165, 1.54) is 0 Å². The fourth-order valence-corrected chi connectivity index (χ4v) is 1.87. The summed E-state index contributed by atoms with van der Waals surface area (Å²) in [5.74, 6) is -0.827. The molecule has 0 bridgehead atoms. The molecule has 0 aliphatic heterocycles. The molecule has 0 heterocycles. The van der Waals surface area contributed by atoms with E-state index < -0.39 is 5.97 Å². The van der Waals surface area contributed by atoms with Crippen molar-refractivity contribution in [1.82, 2.24) is 0 Å². The lowest BCUT2D eigenvalue weighted by molar-refractivity contribution is -0.136. The summed E-state index contributed by atoms with van der Waals surface area (Å²) >= 11 is 5.83. The van der Waals surface area contributed by atoms with Crippen molar-refractivity contribution in [1.29, 1.82) is 0 Å². The number of halogens is 1. The summed E-state index contributed by atoms with van der Waals surface area (Å²) in [6.07, 6.45) is 0.0266. The van der Waals surface area contributed by atoms with E-state index in [1.54, 1.807) is 12.1 Å². The summed E-state index contributed by atoms with van der Waals surface area (Å²) in [7, 11) is 0. The Morgan fingerprint density at radius 2 is 1.71 bits per heavy atom. The van der Waals surface area contributed by atoms with E-state index in [0.29, 0.717) is 5.02 Å². The minimum absolute atomic E-state index is 0.0266. The van der Waals surface area contributed by atoms with Gasteiger partial charge in [0.2, 0.25) is 0 Å². The second-order valence-electron chi connectivity index (χ2n) is 3.73. The molecule has 2 aromatic rings. The van der Waals surface area contributed by atoms with Crippen LogP contribution in [0.25, 0.3) is 11.1 Å². The van der Waals surface area contributed by atoms with Crippen LogP contribution in [0.15, 0.2) is 48.5 Å². The van der Waals surface area contributed by atoms with Crippen LogP contribution in [0.1, 0.15) is 5.56 Å². The van der Waals surface area contributed by atoms with Crippen LogP contribution < -0.4 is 0 Å². The number of aliphatic carboxylic acids is 1. The van der Waals surface area contributed by atoms with Gasteiger partial charge >= 0.3 is 5.97 Å². The summed E-state index contributed by atoms with van der Waals surface area (Å²) in [5, 5.41) is 9.53. The topological polar surface area (TPSA) is 37.3 Å². The van der Waals surface area contributed by atoms with E-state index >= 15 is 0 Å². The van der Waals surface area contributed by atoms with Gasteiger partial charge in [0.15, 0.2) is 0 Å². The highest BCUT2D eigenvalue weighted by Crippen LogP contribution is 2.25. The molecule has 3 heteroatoms. The van der Waals surface area contributed by atoms with Crippen LogP contribution in [0, 0.1) is 0 Å². The predicted octanol–water partition coefficient (Wildman–Crippen LogP) is 3.63. The maximum atomic E-state index is 10.8. The standard InChI is InChI=1S/C14H11ClO2/c15-12-7-5-10(6-8-12)13-4-2-1-3-11(13)9-14(16)17/h1-8H,9H2,(H,16,17). The molecule has 17 heavy (non-hydrogen) atoms. The molecule has 0 atom stereocenters. The second-order valence-corrected chi connectivity index (χ2v) is 4.17. The van der Waals surface area contributed by atoms with Gasteiger partial charge in [-0.25, -0.2) is 0 Å². The first kappa shape index (κ1) is 11.7. The highest BCUT2D eigenvalue weighted by atomic mass is 35.5. The third-order valence-corrected chi connectivity index (χ3v) is 2.77. The maximum absolute atomic E-state index is 10.8. The molecule has 0 radical (unpaired) electrons. The molecule has 1 N–H and O–H groups in total. The van der Waals surface area contributed by atoms with Gasteiger partial charge in [0.1, 0.15) is 0 Å². The molecule has 2 rings (SSSR count). The molecule has 0 amide bonds. The maximum Gasteiger partial charge on any atom is 0.307 e. The Kier molecular flexibility index (Phi) is 3.45. The Bertz CT molecular complexity index is 532. The lowest BCUT2D eigenvalue weighted by Gasteiger charge is -2.07. The first-order valence-corrected chi connectivity index (χ1v) is 5.60. The van der Waals surface area contributed by atoms with Crippen LogP contribution in [-0.4, -0.2) is 11.1 Å². The summed E-state index contributed by atoms with van der Waals surface area (Å²) in [6, 6.07) is 14.9. The number of benzene rings is 2. The highest BCUT2D eigenvalue weighted by molar-refractivity contribution is 6.30. The number of carboxylic acid groups (broad SMARTS) is 1. The molecule has 86 valence electrons. The fourth-order valence-electron chi connectivity index (χ4n) is 1.75. The Morgan fingerprint density at radius 1 is 1.06 bits per heavy atom. The molecule has 0 aliphatic rings. The zero-order valence-corrected chi connectivity index (χ0v) is 9.82. The van der Waals surface area contributed by atoms with Crippen molar-refractivity contribution in [3.05, 3.63) is 59.1 Å². The number of carbonyl (C=O) groups is 1.